The molecule has 0 aliphatic carbocycles. The molecule has 0 saturated heterocycles. The number of nitrogens with zero attached hydrogens (tertiary/aromatic N) is 2. The molecule has 0 aliphatic rings. The van der Waals surface area contributed by atoms with Crippen molar-refractivity contribution in [3.63, 3.8) is 0 Å². The molecule has 4 nitrogen and oxygen atoms in total. The molecule has 1 aromatic heterocycles. The molecule has 4 aromatic rings. The van der Waals surface area contributed by atoms with Crippen LogP contribution in [-0.4, -0.2) is 28.2 Å². The number of methoxy groups -OCH3 is 1. The van der Waals surface area contributed by atoms with Gasteiger partial charge in [0.25, 0.3) is 0 Å². The maximum Gasteiger partial charge on any atom is 0.425 e. The van der Waals surface area contributed by atoms with Gasteiger partial charge in [-0.2, -0.15) is 18.3 Å². The summed E-state index contributed by atoms with van der Waals surface area (Å²) in [5.74, 6) is 0.447. The average Bonchev–Trinajstić information content (AvgIpc) is 3.16. The number of rotatable bonds is 4. The number of hydrogen-bond acceptors (Lipinski definition) is 3. The first-order valence-electron chi connectivity index (χ1n) is 9.23. The van der Waals surface area contributed by atoms with E-state index < -0.39 is 11.8 Å². The van der Waals surface area contributed by atoms with Crippen LogP contribution >= 0.6 is 0 Å². The Kier molecular flexibility index (Phi) is 4.78. The van der Waals surface area contributed by atoms with Crippen LogP contribution in [0.1, 0.15) is 16.7 Å². The highest BCUT2D eigenvalue weighted by Gasteiger charge is 2.56. The smallest absolute Gasteiger partial charge is 0.425 e. The van der Waals surface area contributed by atoms with Gasteiger partial charge in [0, 0.05) is 5.39 Å². The van der Waals surface area contributed by atoms with Gasteiger partial charge in [0.05, 0.1) is 24.5 Å². The van der Waals surface area contributed by atoms with Crippen LogP contribution in [0.15, 0.2) is 72.9 Å². The number of benzene rings is 3. The third-order valence-corrected chi connectivity index (χ3v) is 5.21. The third-order valence-electron chi connectivity index (χ3n) is 5.21. The molecule has 0 bridgehead atoms. The number of alkyl halides is 3. The van der Waals surface area contributed by atoms with Gasteiger partial charge in [0.15, 0.2) is 0 Å². The van der Waals surface area contributed by atoms with Crippen molar-refractivity contribution in [1.82, 2.24) is 9.78 Å². The van der Waals surface area contributed by atoms with E-state index in [-0.39, 0.29) is 11.1 Å². The zero-order chi connectivity index (χ0) is 21.5. The number of aromatic nitrogens is 2. The maximum absolute atomic E-state index is 14.2. The number of ether oxygens (including phenoxy) is 1. The van der Waals surface area contributed by atoms with Crippen LogP contribution in [0.2, 0.25) is 0 Å². The minimum atomic E-state index is -4.93. The molecule has 1 atom stereocenters. The summed E-state index contributed by atoms with van der Waals surface area (Å²) >= 11 is 0. The molecule has 0 fully saturated rings. The lowest BCUT2D eigenvalue weighted by Gasteiger charge is -2.32. The Morgan fingerprint density at radius 2 is 1.60 bits per heavy atom. The first-order valence-corrected chi connectivity index (χ1v) is 9.23. The number of fused-ring (bicyclic) bond motifs is 1. The summed E-state index contributed by atoms with van der Waals surface area (Å²) in [6.07, 6.45) is -3.45. The molecule has 30 heavy (non-hydrogen) atoms. The van der Waals surface area contributed by atoms with Gasteiger partial charge in [-0.1, -0.05) is 30.3 Å². The molecule has 0 aliphatic heterocycles. The Bertz CT molecular complexity index is 1200. The van der Waals surface area contributed by atoms with E-state index in [2.05, 4.69) is 5.10 Å². The van der Waals surface area contributed by atoms with Gasteiger partial charge < -0.3 is 9.84 Å². The van der Waals surface area contributed by atoms with Crippen molar-refractivity contribution in [2.75, 3.05) is 7.11 Å². The minimum absolute atomic E-state index is 0.275. The van der Waals surface area contributed by atoms with Gasteiger partial charge in [-0.05, 0) is 60.0 Å². The molecule has 7 heteroatoms. The Hall–Kier alpha value is -3.32. The summed E-state index contributed by atoms with van der Waals surface area (Å²) in [4.78, 5) is 0. The van der Waals surface area contributed by atoms with Crippen molar-refractivity contribution in [3.05, 3.63) is 89.6 Å². The van der Waals surface area contributed by atoms with Crippen molar-refractivity contribution in [2.24, 2.45) is 0 Å². The molecule has 0 saturated carbocycles. The number of halogens is 3. The fraction of sp³-hybridized carbons (Fsp3) is 0.174. The van der Waals surface area contributed by atoms with Gasteiger partial charge in [0.2, 0.25) is 5.60 Å². The highest BCUT2D eigenvalue weighted by Crippen LogP contribution is 2.45. The molecule has 4 rings (SSSR count). The molecule has 1 unspecified atom stereocenters. The van der Waals surface area contributed by atoms with Crippen molar-refractivity contribution >= 4 is 10.9 Å². The van der Waals surface area contributed by atoms with Crippen molar-refractivity contribution in [1.29, 1.82) is 0 Å². The maximum atomic E-state index is 14.2. The molecule has 0 amide bonds. The van der Waals surface area contributed by atoms with Crippen LogP contribution in [0.5, 0.6) is 5.75 Å². The van der Waals surface area contributed by atoms with E-state index in [1.165, 1.54) is 49.7 Å². The van der Waals surface area contributed by atoms with Crippen LogP contribution in [0.25, 0.3) is 16.6 Å². The van der Waals surface area contributed by atoms with E-state index in [1.54, 1.807) is 11.6 Å². The van der Waals surface area contributed by atoms with E-state index in [0.717, 1.165) is 5.69 Å². The molecule has 0 radical (unpaired) electrons. The minimum Gasteiger partial charge on any atom is -0.496 e. The Morgan fingerprint density at radius 3 is 2.23 bits per heavy atom. The zero-order valence-corrected chi connectivity index (χ0v) is 16.3. The fourth-order valence-corrected chi connectivity index (χ4v) is 3.63. The summed E-state index contributed by atoms with van der Waals surface area (Å²) in [6.45, 7) is 1.63. The number of aliphatic hydroxyl groups is 1. The van der Waals surface area contributed by atoms with Crippen molar-refractivity contribution in [3.8, 4) is 11.4 Å². The first kappa shape index (κ1) is 20.0. The Morgan fingerprint density at radius 1 is 0.933 bits per heavy atom. The topological polar surface area (TPSA) is 47.3 Å². The molecular formula is C23H19F3N2O2. The van der Waals surface area contributed by atoms with E-state index in [1.807, 2.05) is 30.3 Å². The molecule has 1 N–H and O–H groups in total. The normalized spacial score (nSPS) is 13.9. The molecular weight excluding hydrogens is 393 g/mol. The second kappa shape index (κ2) is 7.18. The van der Waals surface area contributed by atoms with Gasteiger partial charge in [-0.3, -0.25) is 0 Å². The SMILES string of the molecule is COc1ccc(C(O)(c2ccc3c(cnn3-c3ccccc3)c2)C(F)(F)F)cc1C. The highest BCUT2D eigenvalue weighted by atomic mass is 19.4. The summed E-state index contributed by atoms with van der Waals surface area (Å²) in [5.41, 5.74) is -1.80. The van der Waals surface area contributed by atoms with Crippen LogP contribution in [0, 0.1) is 6.92 Å². The van der Waals surface area contributed by atoms with Crippen LogP contribution in [0.4, 0.5) is 13.2 Å². The highest BCUT2D eigenvalue weighted by molar-refractivity contribution is 5.81. The lowest BCUT2D eigenvalue weighted by atomic mass is 9.84. The van der Waals surface area contributed by atoms with Crippen LogP contribution in [0.3, 0.4) is 0 Å². The summed E-state index contributed by atoms with van der Waals surface area (Å²) in [5, 5.41) is 15.8. The predicted molar refractivity (Wildman–Crippen MR) is 108 cm³/mol. The third kappa shape index (κ3) is 3.11. The second-order valence-electron chi connectivity index (χ2n) is 7.06. The van der Waals surface area contributed by atoms with E-state index in [9.17, 15) is 18.3 Å². The summed E-state index contributed by atoms with van der Waals surface area (Å²) in [7, 11) is 1.44. The van der Waals surface area contributed by atoms with Crippen molar-refractivity contribution in [2.45, 2.75) is 18.7 Å². The van der Waals surface area contributed by atoms with Gasteiger partial charge in [-0.15, -0.1) is 0 Å². The number of aryl methyl sites for hydroxylation is 1. The number of hydrogen-bond donors (Lipinski definition) is 1. The Balaban J connectivity index is 1.87. The van der Waals surface area contributed by atoms with E-state index in [0.29, 0.717) is 22.2 Å². The quantitative estimate of drug-likeness (QED) is 0.505. The van der Waals surface area contributed by atoms with E-state index >= 15 is 0 Å². The van der Waals surface area contributed by atoms with Gasteiger partial charge >= 0.3 is 6.18 Å². The first-order chi connectivity index (χ1) is 14.3. The fourth-order valence-electron chi connectivity index (χ4n) is 3.63. The van der Waals surface area contributed by atoms with Crippen LogP contribution < -0.4 is 4.74 Å². The predicted octanol–water partition coefficient (Wildman–Crippen LogP) is 5.14. The summed E-state index contributed by atoms with van der Waals surface area (Å²) < 4.78 is 49.2. The summed E-state index contributed by atoms with van der Waals surface area (Å²) in [6, 6.07) is 17.4. The standard InChI is InChI=1S/C23H19F3N2O2/c1-15-12-17(9-11-21(15)30-2)22(29,23(24,25)26)18-8-10-20-16(13-18)14-27-28(20)19-6-4-3-5-7-19/h3-14,29H,1-2H3. The van der Waals surface area contributed by atoms with E-state index in [4.69, 9.17) is 4.74 Å². The van der Waals surface area contributed by atoms with Crippen LogP contribution in [-0.2, 0) is 5.60 Å². The largest absolute Gasteiger partial charge is 0.496 e. The number of para-hydroxylation sites is 1. The lowest BCUT2D eigenvalue weighted by molar-refractivity contribution is -0.248. The monoisotopic (exact) mass is 412 g/mol. The zero-order valence-electron chi connectivity index (χ0n) is 16.3. The average molecular weight is 412 g/mol. The Labute approximate surface area is 171 Å². The van der Waals surface area contributed by atoms with Gasteiger partial charge in [0.1, 0.15) is 5.75 Å². The van der Waals surface area contributed by atoms with Crippen molar-refractivity contribution < 1.29 is 23.0 Å². The van der Waals surface area contributed by atoms with Gasteiger partial charge in [-0.25, -0.2) is 4.68 Å². The molecule has 154 valence electrons. The lowest BCUT2D eigenvalue weighted by Crippen LogP contribution is -2.43. The molecule has 1 heterocycles. The molecule has 0 spiro atoms. The second-order valence-corrected chi connectivity index (χ2v) is 7.06. The molecule has 3 aromatic carbocycles.